The van der Waals surface area contributed by atoms with Crippen LogP contribution in [0.3, 0.4) is 0 Å². The van der Waals surface area contributed by atoms with Crippen LogP contribution in [0.4, 0.5) is 11.4 Å². The number of aromatic amines is 1. The van der Waals surface area contributed by atoms with Crippen LogP contribution in [0.1, 0.15) is 11.3 Å². The molecule has 0 saturated heterocycles. The Morgan fingerprint density at radius 2 is 2.31 bits per heavy atom. The molecule has 2 rings (SSSR count). The molecule has 0 bridgehead atoms. The summed E-state index contributed by atoms with van der Waals surface area (Å²) < 4.78 is 0. The zero-order valence-electron chi connectivity index (χ0n) is 8.57. The smallest absolute Gasteiger partial charge is 0.0992 e. The number of anilines is 2. The fraction of sp³-hybridized carbons (Fsp3) is 0.0909. The topological polar surface area (TPSA) is 90.5 Å². The molecule has 0 radical (unpaired) electrons. The predicted molar refractivity (Wildman–Crippen MR) is 61.5 cm³/mol. The molecular formula is C11H11N5. The minimum Gasteiger partial charge on any atom is -0.397 e. The maximum Gasteiger partial charge on any atom is 0.0992 e. The Balaban J connectivity index is 2.12. The van der Waals surface area contributed by atoms with Crippen molar-refractivity contribution in [2.24, 2.45) is 0 Å². The third-order valence-electron chi connectivity index (χ3n) is 2.21. The molecule has 1 aromatic heterocycles. The summed E-state index contributed by atoms with van der Waals surface area (Å²) in [5.74, 6) is 0. The lowest BCUT2D eigenvalue weighted by Crippen LogP contribution is -2.03. The largest absolute Gasteiger partial charge is 0.397 e. The Morgan fingerprint density at radius 1 is 1.44 bits per heavy atom. The second-order valence-corrected chi connectivity index (χ2v) is 3.35. The number of H-pyrrole nitrogens is 1. The minimum absolute atomic E-state index is 0.585. The first kappa shape index (κ1) is 10.1. The van der Waals surface area contributed by atoms with Crippen molar-refractivity contribution in [1.29, 1.82) is 5.26 Å². The monoisotopic (exact) mass is 213 g/mol. The molecule has 0 aliphatic rings. The lowest BCUT2D eigenvalue weighted by atomic mass is 10.2. The number of hydrogen-bond acceptors (Lipinski definition) is 4. The number of hydrogen-bond donors (Lipinski definition) is 3. The fourth-order valence-electron chi connectivity index (χ4n) is 1.35. The molecule has 0 spiro atoms. The molecule has 16 heavy (non-hydrogen) atoms. The summed E-state index contributed by atoms with van der Waals surface area (Å²) >= 11 is 0. The van der Waals surface area contributed by atoms with E-state index in [1.807, 2.05) is 6.07 Å². The second-order valence-electron chi connectivity index (χ2n) is 3.35. The maximum atomic E-state index is 8.77. The minimum atomic E-state index is 0.585. The van der Waals surface area contributed by atoms with Crippen LogP contribution in [0.15, 0.2) is 30.5 Å². The van der Waals surface area contributed by atoms with Gasteiger partial charge in [-0.3, -0.25) is 5.10 Å². The van der Waals surface area contributed by atoms with Crippen LogP contribution >= 0.6 is 0 Å². The average molecular weight is 213 g/mol. The van der Waals surface area contributed by atoms with E-state index < -0.39 is 0 Å². The third-order valence-corrected chi connectivity index (χ3v) is 2.21. The van der Waals surface area contributed by atoms with Gasteiger partial charge in [0.2, 0.25) is 0 Å². The number of nitrogens with zero attached hydrogens (tertiary/aromatic N) is 2. The van der Waals surface area contributed by atoms with Gasteiger partial charge in [0, 0.05) is 6.20 Å². The molecule has 0 unspecified atom stereocenters. The maximum absolute atomic E-state index is 8.77. The molecule has 1 heterocycles. The predicted octanol–water partition coefficient (Wildman–Crippen LogP) is 1.48. The highest BCUT2D eigenvalue weighted by Crippen LogP contribution is 2.20. The number of rotatable bonds is 3. The molecule has 0 fully saturated rings. The van der Waals surface area contributed by atoms with E-state index in [1.54, 1.807) is 24.4 Å². The molecule has 0 aliphatic carbocycles. The summed E-state index contributed by atoms with van der Waals surface area (Å²) in [7, 11) is 0. The SMILES string of the molecule is N#Cc1ccc(N)c(NCc2ccn[nH]2)c1. The molecule has 0 aliphatic heterocycles. The standard InChI is InChI=1S/C11H11N5/c12-6-8-1-2-10(13)11(5-8)14-7-9-3-4-15-16-9/h1-5,14H,7,13H2,(H,15,16). The van der Waals surface area contributed by atoms with Crippen molar-refractivity contribution >= 4 is 11.4 Å². The first-order valence-electron chi connectivity index (χ1n) is 4.81. The van der Waals surface area contributed by atoms with Crippen molar-refractivity contribution in [3.63, 3.8) is 0 Å². The normalized spacial score (nSPS) is 9.69. The molecule has 0 amide bonds. The van der Waals surface area contributed by atoms with Crippen molar-refractivity contribution in [1.82, 2.24) is 10.2 Å². The Hall–Kier alpha value is -2.48. The van der Waals surface area contributed by atoms with Crippen molar-refractivity contribution in [2.45, 2.75) is 6.54 Å². The van der Waals surface area contributed by atoms with E-state index in [9.17, 15) is 0 Å². The van der Waals surface area contributed by atoms with Gasteiger partial charge in [-0.05, 0) is 24.3 Å². The van der Waals surface area contributed by atoms with Gasteiger partial charge in [-0.1, -0.05) is 0 Å². The zero-order chi connectivity index (χ0) is 11.4. The highest BCUT2D eigenvalue weighted by Gasteiger charge is 2.01. The third kappa shape index (κ3) is 2.12. The van der Waals surface area contributed by atoms with Gasteiger partial charge in [0.25, 0.3) is 0 Å². The fourth-order valence-corrected chi connectivity index (χ4v) is 1.35. The number of benzene rings is 1. The number of aromatic nitrogens is 2. The van der Waals surface area contributed by atoms with Crippen molar-refractivity contribution in [2.75, 3.05) is 11.1 Å². The van der Waals surface area contributed by atoms with Gasteiger partial charge in [0.1, 0.15) is 0 Å². The van der Waals surface area contributed by atoms with Gasteiger partial charge >= 0.3 is 0 Å². The Morgan fingerprint density at radius 3 is 3.00 bits per heavy atom. The molecule has 0 atom stereocenters. The van der Waals surface area contributed by atoms with Crippen LogP contribution in [-0.2, 0) is 6.54 Å². The van der Waals surface area contributed by atoms with Gasteiger partial charge in [-0.2, -0.15) is 10.4 Å². The number of nitriles is 1. The van der Waals surface area contributed by atoms with Crippen LogP contribution in [0.2, 0.25) is 0 Å². The van der Waals surface area contributed by atoms with Crippen molar-refractivity contribution in [3.05, 3.63) is 41.7 Å². The second kappa shape index (κ2) is 4.36. The Labute approximate surface area is 92.9 Å². The molecule has 5 nitrogen and oxygen atoms in total. The van der Waals surface area contributed by atoms with E-state index in [-0.39, 0.29) is 0 Å². The molecule has 0 saturated carbocycles. The van der Waals surface area contributed by atoms with E-state index in [4.69, 9.17) is 11.0 Å². The summed E-state index contributed by atoms with van der Waals surface area (Å²) in [6, 6.07) is 9.08. The molecule has 80 valence electrons. The van der Waals surface area contributed by atoms with Gasteiger partial charge in [0.05, 0.1) is 35.2 Å². The Kier molecular flexibility index (Phi) is 2.74. The van der Waals surface area contributed by atoms with E-state index >= 15 is 0 Å². The first-order chi connectivity index (χ1) is 7.79. The lowest BCUT2D eigenvalue weighted by Gasteiger charge is -2.08. The molecule has 4 N–H and O–H groups in total. The van der Waals surface area contributed by atoms with Gasteiger partial charge in [-0.25, -0.2) is 0 Å². The van der Waals surface area contributed by atoms with Crippen LogP contribution in [-0.4, -0.2) is 10.2 Å². The number of nitrogens with two attached hydrogens (primary N) is 1. The first-order valence-corrected chi connectivity index (χ1v) is 4.81. The van der Waals surface area contributed by atoms with Gasteiger partial charge in [-0.15, -0.1) is 0 Å². The van der Waals surface area contributed by atoms with Crippen LogP contribution in [0.25, 0.3) is 0 Å². The summed E-state index contributed by atoms with van der Waals surface area (Å²) in [5, 5.41) is 18.6. The average Bonchev–Trinajstić information content (AvgIpc) is 2.81. The van der Waals surface area contributed by atoms with Crippen LogP contribution in [0, 0.1) is 11.3 Å². The van der Waals surface area contributed by atoms with E-state index in [2.05, 4.69) is 21.6 Å². The van der Waals surface area contributed by atoms with Crippen molar-refractivity contribution in [3.8, 4) is 6.07 Å². The Bertz CT molecular complexity index is 510. The summed E-state index contributed by atoms with van der Waals surface area (Å²) in [5.41, 5.74) is 8.71. The van der Waals surface area contributed by atoms with E-state index in [1.165, 1.54) is 0 Å². The van der Waals surface area contributed by atoms with E-state index in [0.717, 1.165) is 11.4 Å². The van der Waals surface area contributed by atoms with Crippen molar-refractivity contribution < 1.29 is 0 Å². The summed E-state index contributed by atoms with van der Waals surface area (Å²) in [6.45, 7) is 0.596. The number of nitrogen functional groups attached to an aromatic ring is 1. The molecular weight excluding hydrogens is 202 g/mol. The van der Waals surface area contributed by atoms with Gasteiger partial charge < -0.3 is 11.1 Å². The quantitative estimate of drug-likeness (QED) is 0.673. The van der Waals surface area contributed by atoms with Crippen LogP contribution < -0.4 is 11.1 Å². The summed E-state index contributed by atoms with van der Waals surface area (Å²) in [4.78, 5) is 0. The zero-order valence-corrected chi connectivity index (χ0v) is 8.57. The molecule has 2 aromatic rings. The van der Waals surface area contributed by atoms with Gasteiger partial charge in [0.15, 0.2) is 0 Å². The molecule has 1 aromatic carbocycles. The highest BCUT2D eigenvalue weighted by molar-refractivity contribution is 5.68. The highest BCUT2D eigenvalue weighted by atomic mass is 15.1. The molecule has 5 heteroatoms. The van der Waals surface area contributed by atoms with E-state index in [0.29, 0.717) is 17.8 Å². The summed E-state index contributed by atoms with van der Waals surface area (Å²) in [6.07, 6.45) is 1.69. The van der Waals surface area contributed by atoms with Crippen LogP contribution in [0.5, 0.6) is 0 Å². The number of nitrogens with one attached hydrogen (secondary N) is 2. The lowest BCUT2D eigenvalue weighted by molar-refractivity contribution is 0.982.